The van der Waals surface area contributed by atoms with Crippen LogP contribution >= 0.6 is 12.2 Å². The first-order chi connectivity index (χ1) is 9.65. The highest BCUT2D eigenvalue weighted by Gasteiger charge is 2.20. The van der Waals surface area contributed by atoms with Gasteiger partial charge in [0, 0.05) is 6.54 Å². The Balaban J connectivity index is 1.70. The molecule has 0 bridgehead atoms. The lowest BCUT2D eigenvalue weighted by Gasteiger charge is -2.26. The fraction of sp³-hybridized carbons (Fsp3) is 0.385. The molecule has 0 aromatic heterocycles. The van der Waals surface area contributed by atoms with Gasteiger partial charge in [-0.2, -0.15) is 0 Å². The summed E-state index contributed by atoms with van der Waals surface area (Å²) >= 11 is 5.04. The van der Waals surface area contributed by atoms with Gasteiger partial charge in [-0.25, -0.2) is 0 Å². The molecule has 1 aliphatic heterocycles. The van der Waals surface area contributed by atoms with Gasteiger partial charge in [0.25, 0.3) is 0 Å². The number of hydrogen-bond donors (Lipinski definition) is 3. The molecule has 7 heteroatoms. The summed E-state index contributed by atoms with van der Waals surface area (Å²) in [6.07, 6.45) is -0.109. The molecule has 0 radical (unpaired) electrons. The summed E-state index contributed by atoms with van der Waals surface area (Å²) in [5.41, 5.74) is 0. The van der Waals surface area contributed by atoms with Crippen LogP contribution in [0.25, 0.3) is 0 Å². The van der Waals surface area contributed by atoms with E-state index < -0.39 is 5.97 Å². The van der Waals surface area contributed by atoms with E-state index in [9.17, 15) is 4.79 Å². The minimum absolute atomic E-state index is 0.0260. The van der Waals surface area contributed by atoms with E-state index in [0.717, 1.165) is 11.5 Å². The number of carboxylic acids is 1. The van der Waals surface area contributed by atoms with E-state index in [1.165, 1.54) is 0 Å². The Kier molecular flexibility index (Phi) is 5.00. The van der Waals surface area contributed by atoms with Gasteiger partial charge in [-0.15, -0.1) is 0 Å². The third-order valence-corrected chi connectivity index (χ3v) is 2.97. The lowest BCUT2D eigenvalue weighted by Crippen LogP contribution is -2.44. The Morgan fingerprint density at radius 1 is 1.35 bits per heavy atom. The summed E-state index contributed by atoms with van der Waals surface area (Å²) in [4.78, 5) is 10.4. The van der Waals surface area contributed by atoms with Crippen molar-refractivity contribution in [1.29, 1.82) is 0 Å². The summed E-state index contributed by atoms with van der Waals surface area (Å²) < 4.78 is 11.3. The van der Waals surface area contributed by atoms with E-state index in [-0.39, 0.29) is 12.5 Å². The molecule has 1 aliphatic rings. The highest BCUT2D eigenvalue weighted by atomic mass is 32.1. The number of ether oxygens (including phenoxy) is 2. The van der Waals surface area contributed by atoms with Gasteiger partial charge in [0.2, 0.25) is 0 Å². The van der Waals surface area contributed by atoms with Crippen LogP contribution in [-0.4, -0.2) is 42.0 Å². The van der Waals surface area contributed by atoms with Crippen LogP contribution in [0.2, 0.25) is 0 Å². The van der Waals surface area contributed by atoms with Gasteiger partial charge in [-0.1, -0.05) is 12.1 Å². The third-order valence-electron chi connectivity index (χ3n) is 2.68. The number of rotatable bonds is 5. The SMILES string of the molecule is O=C(O)CCNC(=S)NCC1COc2ccccc2O1. The van der Waals surface area contributed by atoms with Crippen LogP contribution in [0.15, 0.2) is 24.3 Å². The Bertz CT molecular complexity index is 495. The van der Waals surface area contributed by atoms with Gasteiger partial charge in [-0.05, 0) is 24.4 Å². The first kappa shape index (κ1) is 14.4. The quantitative estimate of drug-likeness (QED) is 0.692. The number of benzene rings is 1. The maximum atomic E-state index is 10.4. The summed E-state index contributed by atoms with van der Waals surface area (Å²) in [6.45, 7) is 1.24. The number of carboxylic acid groups (broad SMARTS) is 1. The fourth-order valence-corrected chi connectivity index (χ4v) is 1.90. The highest BCUT2D eigenvalue weighted by Crippen LogP contribution is 2.30. The topological polar surface area (TPSA) is 79.8 Å². The minimum atomic E-state index is -0.860. The second kappa shape index (κ2) is 6.95. The van der Waals surface area contributed by atoms with Gasteiger partial charge >= 0.3 is 5.97 Å². The summed E-state index contributed by atoms with van der Waals surface area (Å²) in [5, 5.41) is 14.7. The number of fused-ring (bicyclic) bond motifs is 1. The predicted octanol–water partition coefficient (Wildman–Crippen LogP) is 0.765. The number of aliphatic carboxylic acids is 1. The third kappa shape index (κ3) is 4.27. The molecule has 20 heavy (non-hydrogen) atoms. The molecule has 1 unspecified atom stereocenters. The summed E-state index contributed by atoms with van der Waals surface area (Å²) in [6, 6.07) is 7.49. The Morgan fingerprint density at radius 3 is 2.85 bits per heavy atom. The molecule has 0 aliphatic carbocycles. The maximum absolute atomic E-state index is 10.4. The van der Waals surface area contributed by atoms with Crippen molar-refractivity contribution in [1.82, 2.24) is 10.6 Å². The molecule has 1 aromatic carbocycles. The van der Waals surface area contributed by atoms with Crippen LogP contribution in [-0.2, 0) is 4.79 Å². The van der Waals surface area contributed by atoms with Crippen LogP contribution in [0, 0.1) is 0 Å². The number of para-hydroxylation sites is 2. The van der Waals surface area contributed by atoms with E-state index in [0.29, 0.717) is 24.8 Å². The lowest BCUT2D eigenvalue weighted by molar-refractivity contribution is -0.136. The van der Waals surface area contributed by atoms with Gasteiger partial charge in [0.1, 0.15) is 12.7 Å². The van der Waals surface area contributed by atoms with E-state index in [1.807, 2.05) is 24.3 Å². The molecule has 1 aromatic rings. The van der Waals surface area contributed by atoms with Crippen molar-refractivity contribution in [3.63, 3.8) is 0 Å². The lowest BCUT2D eigenvalue weighted by atomic mass is 10.2. The molecule has 2 rings (SSSR count). The van der Waals surface area contributed by atoms with Crippen molar-refractivity contribution in [2.45, 2.75) is 12.5 Å². The number of nitrogens with one attached hydrogen (secondary N) is 2. The standard InChI is InChI=1S/C13H16N2O4S/c16-12(17)5-6-14-13(20)15-7-9-8-18-10-3-1-2-4-11(10)19-9/h1-4,9H,5-8H2,(H,16,17)(H2,14,15,20). The second-order valence-electron chi connectivity index (χ2n) is 4.28. The normalized spacial score (nSPS) is 16.3. The van der Waals surface area contributed by atoms with E-state index in [1.54, 1.807) is 0 Å². The Morgan fingerprint density at radius 2 is 2.10 bits per heavy atom. The van der Waals surface area contributed by atoms with Gasteiger partial charge in [0.05, 0.1) is 13.0 Å². The van der Waals surface area contributed by atoms with Crippen LogP contribution in [0.5, 0.6) is 11.5 Å². The summed E-state index contributed by atoms with van der Waals surface area (Å²) in [5.74, 6) is 0.599. The van der Waals surface area contributed by atoms with Crippen molar-refractivity contribution in [2.24, 2.45) is 0 Å². The molecule has 0 amide bonds. The van der Waals surface area contributed by atoms with Crippen molar-refractivity contribution in [3.05, 3.63) is 24.3 Å². The number of thiocarbonyl (C=S) groups is 1. The van der Waals surface area contributed by atoms with Gasteiger partial charge in [0.15, 0.2) is 16.6 Å². The van der Waals surface area contributed by atoms with Gasteiger partial charge < -0.3 is 25.2 Å². The Labute approximate surface area is 122 Å². The predicted molar refractivity (Wildman–Crippen MR) is 77.2 cm³/mol. The monoisotopic (exact) mass is 296 g/mol. The average molecular weight is 296 g/mol. The van der Waals surface area contributed by atoms with Crippen molar-refractivity contribution < 1.29 is 19.4 Å². The first-order valence-electron chi connectivity index (χ1n) is 6.27. The van der Waals surface area contributed by atoms with E-state index in [4.69, 9.17) is 26.8 Å². The van der Waals surface area contributed by atoms with Crippen LogP contribution in [0.1, 0.15) is 6.42 Å². The molecule has 108 valence electrons. The van der Waals surface area contributed by atoms with Crippen LogP contribution in [0.3, 0.4) is 0 Å². The van der Waals surface area contributed by atoms with E-state index in [2.05, 4.69) is 10.6 Å². The first-order valence-corrected chi connectivity index (χ1v) is 6.68. The maximum Gasteiger partial charge on any atom is 0.305 e. The largest absolute Gasteiger partial charge is 0.486 e. The molecular weight excluding hydrogens is 280 g/mol. The van der Waals surface area contributed by atoms with Crippen molar-refractivity contribution >= 4 is 23.3 Å². The smallest absolute Gasteiger partial charge is 0.305 e. The van der Waals surface area contributed by atoms with Crippen molar-refractivity contribution in [2.75, 3.05) is 19.7 Å². The zero-order valence-electron chi connectivity index (χ0n) is 10.8. The fourth-order valence-electron chi connectivity index (χ4n) is 1.72. The minimum Gasteiger partial charge on any atom is -0.486 e. The van der Waals surface area contributed by atoms with Crippen molar-refractivity contribution in [3.8, 4) is 11.5 Å². The molecule has 0 saturated carbocycles. The van der Waals surface area contributed by atoms with Crippen LogP contribution in [0.4, 0.5) is 0 Å². The Hall–Kier alpha value is -2.02. The molecule has 0 spiro atoms. The molecule has 1 heterocycles. The highest BCUT2D eigenvalue weighted by molar-refractivity contribution is 7.80. The molecule has 0 saturated heterocycles. The van der Waals surface area contributed by atoms with Gasteiger partial charge in [-0.3, -0.25) is 4.79 Å². The number of carbonyl (C=O) groups is 1. The number of hydrogen-bond acceptors (Lipinski definition) is 4. The van der Waals surface area contributed by atoms with Crippen LogP contribution < -0.4 is 20.1 Å². The molecule has 1 atom stereocenters. The van der Waals surface area contributed by atoms with E-state index >= 15 is 0 Å². The summed E-state index contributed by atoms with van der Waals surface area (Å²) in [7, 11) is 0. The molecular formula is C13H16N2O4S. The zero-order chi connectivity index (χ0) is 14.4. The zero-order valence-corrected chi connectivity index (χ0v) is 11.6. The average Bonchev–Trinajstić information content (AvgIpc) is 2.44. The molecule has 0 fully saturated rings. The molecule has 6 nitrogen and oxygen atoms in total. The molecule has 3 N–H and O–H groups in total. The second-order valence-corrected chi connectivity index (χ2v) is 4.69.